The third kappa shape index (κ3) is 5.27. The Bertz CT molecular complexity index is 1970. The topological polar surface area (TPSA) is 149 Å². The highest BCUT2D eigenvalue weighted by Crippen LogP contribution is 2.55. The van der Waals surface area contributed by atoms with Gasteiger partial charge in [0.25, 0.3) is 0 Å². The number of thioether (sulfide) groups is 1. The van der Waals surface area contributed by atoms with E-state index in [1.807, 2.05) is 0 Å². The molecule has 10 nitrogen and oxygen atoms in total. The fourth-order valence-corrected chi connectivity index (χ4v) is 9.48. The van der Waals surface area contributed by atoms with Crippen molar-refractivity contribution in [2.45, 2.75) is 33.8 Å². The molecule has 1 fully saturated rings. The molecule has 2 aliphatic heterocycles. The number of carbonyl (C=O) groups excluding carboxylic acids is 3. The Kier molecular flexibility index (Phi) is 7.56. The Labute approximate surface area is 259 Å². The molecule has 0 aliphatic carbocycles. The maximum absolute atomic E-state index is 13.9. The zero-order valence-corrected chi connectivity index (χ0v) is 25.2. The number of hydrogen-bond acceptors (Lipinski definition) is 9. The van der Waals surface area contributed by atoms with E-state index >= 15 is 0 Å². The molecule has 0 spiro atoms. The van der Waals surface area contributed by atoms with Gasteiger partial charge in [-0.1, -0.05) is 41.3 Å². The standard InChI is InChI=1S/C27H19F3N4O6S4/c28-27(29,30)15-4-1-2-5-16(15)34-23(36)20-19(17-6-3-11-41-17)22-25(42-21(20)24(34)37)33(26(38)43-22)12-18(35)32-13-7-9-14(10-8-13)44(31,39)40/h1-11,19-21H,12H2,(H,32,35)(H2,31,39,40)/t19-,20-,21+/m0/s1. The molecular weight excluding hydrogens is 662 g/mol. The van der Waals surface area contributed by atoms with Gasteiger partial charge in [0.05, 0.1) is 27.1 Å². The van der Waals surface area contributed by atoms with Crippen molar-refractivity contribution in [3.8, 4) is 0 Å². The molecule has 2 aromatic heterocycles. The van der Waals surface area contributed by atoms with Crippen LogP contribution in [0.3, 0.4) is 0 Å². The minimum atomic E-state index is -4.82. The van der Waals surface area contributed by atoms with Crippen molar-refractivity contribution in [2.24, 2.45) is 11.1 Å². The quantitative estimate of drug-likeness (QED) is 0.292. The van der Waals surface area contributed by atoms with Crippen LogP contribution < -0.4 is 20.2 Å². The van der Waals surface area contributed by atoms with Gasteiger partial charge < -0.3 is 5.32 Å². The Hall–Kier alpha value is -3.77. The van der Waals surface area contributed by atoms with E-state index in [4.69, 9.17) is 5.14 Å². The van der Waals surface area contributed by atoms with Crippen LogP contribution >= 0.6 is 34.4 Å². The summed E-state index contributed by atoms with van der Waals surface area (Å²) in [7, 11) is -3.95. The zero-order chi connectivity index (χ0) is 31.6. The zero-order valence-electron chi connectivity index (χ0n) is 22.0. The average Bonchev–Trinajstić information content (AvgIpc) is 3.65. The van der Waals surface area contributed by atoms with Crippen LogP contribution in [0.15, 0.2) is 80.8 Å². The number of fused-ring (bicyclic) bond motifs is 2. The number of aromatic nitrogens is 1. The summed E-state index contributed by atoms with van der Waals surface area (Å²) in [6.45, 7) is -0.480. The van der Waals surface area contributed by atoms with Crippen molar-refractivity contribution in [1.29, 1.82) is 0 Å². The number of thiophene rings is 1. The summed E-state index contributed by atoms with van der Waals surface area (Å²) in [4.78, 5) is 54.7. The lowest BCUT2D eigenvalue weighted by Gasteiger charge is -2.29. The van der Waals surface area contributed by atoms with Crippen LogP contribution in [0.4, 0.5) is 24.5 Å². The molecule has 2 aromatic carbocycles. The van der Waals surface area contributed by atoms with Crippen molar-refractivity contribution < 1.29 is 36.0 Å². The number of nitrogens with two attached hydrogens (primary N) is 1. The molecule has 44 heavy (non-hydrogen) atoms. The second kappa shape index (κ2) is 11.0. The predicted molar refractivity (Wildman–Crippen MR) is 158 cm³/mol. The summed E-state index contributed by atoms with van der Waals surface area (Å²) in [5, 5.41) is 8.53. The third-order valence-electron chi connectivity index (χ3n) is 7.12. The van der Waals surface area contributed by atoms with Gasteiger partial charge in [-0.3, -0.25) is 23.7 Å². The molecule has 0 saturated carbocycles. The van der Waals surface area contributed by atoms with Crippen LogP contribution in [0.5, 0.6) is 0 Å². The summed E-state index contributed by atoms with van der Waals surface area (Å²) in [6, 6.07) is 12.9. The number of amides is 3. The van der Waals surface area contributed by atoms with Crippen molar-refractivity contribution in [1.82, 2.24) is 4.57 Å². The predicted octanol–water partition coefficient (Wildman–Crippen LogP) is 4.07. The van der Waals surface area contributed by atoms with E-state index in [0.717, 1.165) is 35.2 Å². The molecule has 3 atom stereocenters. The Morgan fingerprint density at radius 3 is 2.32 bits per heavy atom. The van der Waals surface area contributed by atoms with E-state index < -0.39 is 73.7 Å². The maximum atomic E-state index is 13.9. The maximum Gasteiger partial charge on any atom is 0.418 e. The average molecular weight is 681 g/mol. The number of halogens is 3. The number of imide groups is 1. The monoisotopic (exact) mass is 680 g/mol. The van der Waals surface area contributed by atoms with Gasteiger partial charge in [-0.25, -0.2) is 18.5 Å². The molecule has 0 radical (unpaired) electrons. The largest absolute Gasteiger partial charge is 0.418 e. The number of sulfonamides is 1. The van der Waals surface area contributed by atoms with Crippen LogP contribution in [0.2, 0.25) is 0 Å². The highest BCUT2D eigenvalue weighted by molar-refractivity contribution is 8.00. The molecule has 4 aromatic rings. The molecule has 3 amide bonds. The van der Waals surface area contributed by atoms with E-state index in [1.165, 1.54) is 52.3 Å². The fourth-order valence-electron chi connectivity index (χ4n) is 5.25. The molecule has 17 heteroatoms. The number of alkyl halides is 3. The van der Waals surface area contributed by atoms with Crippen molar-refractivity contribution in [3.05, 3.63) is 91.0 Å². The van der Waals surface area contributed by atoms with Crippen LogP contribution in [0.25, 0.3) is 0 Å². The van der Waals surface area contributed by atoms with Crippen molar-refractivity contribution >= 4 is 73.6 Å². The van der Waals surface area contributed by atoms with Crippen molar-refractivity contribution in [3.63, 3.8) is 0 Å². The Balaban J connectivity index is 1.36. The fraction of sp³-hybridized carbons (Fsp3) is 0.185. The minimum absolute atomic E-state index is 0.160. The second-order valence-corrected chi connectivity index (χ2v) is 14.5. The summed E-state index contributed by atoms with van der Waals surface area (Å²) < 4.78 is 65.8. The Morgan fingerprint density at radius 1 is 0.977 bits per heavy atom. The van der Waals surface area contributed by atoms with Crippen LogP contribution in [-0.2, 0) is 37.1 Å². The number of carbonyl (C=O) groups is 3. The number of primary sulfonamides is 1. The first kappa shape index (κ1) is 30.3. The summed E-state index contributed by atoms with van der Waals surface area (Å²) in [5.41, 5.74) is -1.46. The molecule has 3 N–H and O–H groups in total. The summed E-state index contributed by atoms with van der Waals surface area (Å²) in [6.07, 6.45) is -4.82. The molecular formula is C27H19F3N4O6S4. The number of thiazole rings is 1. The van der Waals surface area contributed by atoms with E-state index in [9.17, 15) is 40.8 Å². The smallest absolute Gasteiger partial charge is 0.325 e. The number of nitrogens with zero attached hydrogens (tertiary/aromatic N) is 2. The number of nitrogens with one attached hydrogen (secondary N) is 1. The van der Waals surface area contributed by atoms with Gasteiger partial charge in [0.2, 0.25) is 27.7 Å². The van der Waals surface area contributed by atoms with Gasteiger partial charge in [-0.15, -0.1) is 11.3 Å². The molecule has 2 aliphatic rings. The molecule has 228 valence electrons. The lowest BCUT2D eigenvalue weighted by Crippen LogP contribution is -2.33. The number of anilines is 2. The summed E-state index contributed by atoms with van der Waals surface area (Å²) in [5.74, 6) is -4.18. The van der Waals surface area contributed by atoms with E-state index in [-0.39, 0.29) is 15.6 Å². The van der Waals surface area contributed by atoms with Crippen molar-refractivity contribution in [2.75, 3.05) is 10.2 Å². The van der Waals surface area contributed by atoms with Crippen LogP contribution in [-0.4, -0.2) is 36.0 Å². The van der Waals surface area contributed by atoms with Gasteiger partial charge in [0.15, 0.2) is 0 Å². The van der Waals surface area contributed by atoms with Crippen LogP contribution in [0.1, 0.15) is 21.2 Å². The molecule has 0 bridgehead atoms. The van der Waals surface area contributed by atoms with Gasteiger partial charge >= 0.3 is 11.0 Å². The summed E-state index contributed by atoms with van der Waals surface area (Å²) >= 11 is 2.96. The van der Waals surface area contributed by atoms with E-state index in [1.54, 1.807) is 17.5 Å². The van der Waals surface area contributed by atoms with E-state index in [0.29, 0.717) is 14.7 Å². The second-order valence-electron chi connectivity index (χ2n) is 9.83. The SMILES string of the molecule is NS(=O)(=O)c1ccc(NC(=O)Cn2c3c(sc2=O)[C@@H](c2cccs2)[C@@H]2C(=O)N(c4ccccc4C(F)(F)F)C(=O)[C@@H]2S3)cc1. The van der Waals surface area contributed by atoms with Gasteiger partial charge in [-0.2, -0.15) is 13.2 Å². The first-order valence-corrected chi connectivity index (χ1v) is 16.8. The number of hydrogen-bond donors (Lipinski definition) is 2. The highest BCUT2D eigenvalue weighted by atomic mass is 32.2. The van der Waals surface area contributed by atoms with Crippen LogP contribution in [0, 0.1) is 5.92 Å². The Morgan fingerprint density at radius 2 is 1.68 bits per heavy atom. The first-order valence-electron chi connectivity index (χ1n) is 12.7. The molecule has 6 rings (SSSR count). The number of benzene rings is 2. The highest BCUT2D eigenvalue weighted by Gasteiger charge is 2.58. The van der Waals surface area contributed by atoms with Gasteiger partial charge in [0, 0.05) is 21.4 Å². The number of para-hydroxylation sites is 1. The number of rotatable bonds is 6. The third-order valence-corrected chi connectivity index (χ3v) is 11.6. The van der Waals surface area contributed by atoms with Gasteiger partial charge in [-0.05, 0) is 47.8 Å². The first-order chi connectivity index (χ1) is 20.8. The van der Waals surface area contributed by atoms with Gasteiger partial charge in [0.1, 0.15) is 11.8 Å². The normalized spacial score (nSPS) is 20.0. The lowest BCUT2D eigenvalue weighted by molar-refractivity contribution is -0.137. The molecule has 0 unspecified atom stereocenters. The minimum Gasteiger partial charge on any atom is -0.325 e. The lowest BCUT2D eigenvalue weighted by atomic mass is 9.87. The molecule has 4 heterocycles. The molecule has 1 saturated heterocycles. The van der Waals surface area contributed by atoms with E-state index in [2.05, 4.69) is 5.32 Å².